The van der Waals surface area contributed by atoms with Gasteiger partial charge < -0.3 is 24.8 Å². The number of fused-ring (bicyclic) bond motifs is 1. The molecule has 0 aliphatic carbocycles. The van der Waals surface area contributed by atoms with Crippen molar-refractivity contribution in [1.82, 2.24) is 0 Å². The molecule has 0 saturated carbocycles. The van der Waals surface area contributed by atoms with E-state index in [0.717, 1.165) is 5.69 Å². The first-order valence-corrected chi connectivity index (χ1v) is 6.58. The molecule has 6 heteroatoms. The number of ether oxygens (including phenoxy) is 3. The lowest BCUT2D eigenvalue weighted by atomic mass is 10.1. The van der Waals surface area contributed by atoms with Crippen LogP contribution >= 0.6 is 0 Å². The minimum Gasteiger partial charge on any atom is -0.489 e. The van der Waals surface area contributed by atoms with Crippen LogP contribution < -0.4 is 15.4 Å². The molecular weight excluding hydrogens is 260 g/mol. The predicted octanol–water partition coefficient (Wildman–Crippen LogP) is 1.05. The molecule has 1 heterocycles. The molecule has 110 valence electrons. The van der Waals surface area contributed by atoms with Crippen LogP contribution in [0, 0.1) is 0 Å². The highest BCUT2D eigenvalue weighted by molar-refractivity contribution is 5.84. The van der Waals surface area contributed by atoms with Crippen molar-refractivity contribution in [2.24, 2.45) is 0 Å². The van der Waals surface area contributed by atoms with Crippen LogP contribution in [0.3, 0.4) is 0 Å². The summed E-state index contributed by atoms with van der Waals surface area (Å²) in [5.41, 5.74) is 7.35. The SMILES string of the molecule is COCCOC(=O)C(C)N1CCOc2cccc(N)c21. The molecule has 0 radical (unpaired) electrons. The highest BCUT2D eigenvalue weighted by atomic mass is 16.6. The fourth-order valence-electron chi connectivity index (χ4n) is 2.19. The third-order valence-corrected chi connectivity index (χ3v) is 3.25. The molecule has 2 N–H and O–H groups in total. The van der Waals surface area contributed by atoms with E-state index >= 15 is 0 Å². The summed E-state index contributed by atoms with van der Waals surface area (Å²) in [7, 11) is 1.57. The first kappa shape index (κ1) is 14.5. The van der Waals surface area contributed by atoms with Crippen molar-refractivity contribution in [1.29, 1.82) is 0 Å². The second-order valence-corrected chi connectivity index (χ2v) is 4.57. The van der Waals surface area contributed by atoms with E-state index in [4.69, 9.17) is 19.9 Å². The standard InChI is InChI=1S/C14H20N2O4/c1-10(14(17)20-9-8-18-2)16-6-7-19-12-5-3-4-11(15)13(12)16/h3-5,10H,6-9,15H2,1-2H3. The molecule has 2 rings (SSSR count). The number of rotatable bonds is 5. The van der Waals surface area contributed by atoms with Gasteiger partial charge in [-0.3, -0.25) is 0 Å². The molecule has 1 aliphatic rings. The lowest BCUT2D eigenvalue weighted by Gasteiger charge is -2.35. The van der Waals surface area contributed by atoms with E-state index in [1.54, 1.807) is 20.1 Å². The zero-order chi connectivity index (χ0) is 14.5. The van der Waals surface area contributed by atoms with Crippen LogP contribution in [-0.2, 0) is 14.3 Å². The Hall–Kier alpha value is -1.95. The molecule has 0 amide bonds. The summed E-state index contributed by atoms with van der Waals surface area (Å²) in [4.78, 5) is 14.0. The number of nitrogens with zero attached hydrogens (tertiary/aromatic N) is 1. The number of benzene rings is 1. The van der Waals surface area contributed by atoms with Crippen molar-refractivity contribution in [3.05, 3.63) is 18.2 Å². The first-order chi connectivity index (χ1) is 9.65. The molecule has 20 heavy (non-hydrogen) atoms. The Labute approximate surface area is 118 Å². The topological polar surface area (TPSA) is 74.0 Å². The second kappa shape index (κ2) is 6.47. The van der Waals surface area contributed by atoms with Crippen LogP contribution in [-0.4, -0.2) is 45.5 Å². The summed E-state index contributed by atoms with van der Waals surface area (Å²) in [5, 5.41) is 0. The number of methoxy groups -OCH3 is 1. The molecule has 1 atom stereocenters. The lowest BCUT2D eigenvalue weighted by molar-refractivity contribution is -0.146. The molecule has 1 aromatic rings. The minimum atomic E-state index is -0.417. The summed E-state index contributed by atoms with van der Waals surface area (Å²) in [6, 6.07) is 5.06. The highest BCUT2D eigenvalue weighted by Gasteiger charge is 2.29. The van der Waals surface area contributed by atoms with Gasteiger partial charge in [-0.2, -0.15) is 0 Å². The molecular formula is C14H20N2O4. The Morgan fingerprint density at radius 1 is 1.50 bits per heavy atom. The van der Waals surface area contributed by atoms with E-state index in [0.29, 0.717) is 31.2 Å². The number of carbonyl (C=O) groups excluding carboxylic acids is 1. The summed E-state index contributed by atoms with van der Waals surface area (Å²) >= 11 is 0. The van der Waals surface area contributed by atoms with Crippen molar-refractivity contribution in [3.8, 4) is 5.75 Å². The first-order valence-electron chi connectivity index (χ1n) is 6.58. The molecule has 1 aliphatic heterocycles. The summed E-state index contributed by atoms with van der Waals surface area (Å²) in [5.74, 6) is 0.408. The van der Waals surface area contributed by atoms with E-state index in [9.17, 15) is 4.79 Å². The zero-order valence-electron chi connectivity index (χ0n) is 11.8. The van der Waals surface area contributed by atoms with Gasteiger partial charge in [-0.15, -0.1) is 0 Å². The van der Waals surface area contributed by atoms with Crippen LogP contribution in [0.4, 0.5) is 11.4 Å². The molecule has 0 saturated heterocycles. The molecule has 6 nitrogen and oxygen atoms in total. The predicted molar refractivity (Wildman–Crippen MR) is 76.0 cm³/mol. The van der Waals surface area contributed by atoms with Gasteiger partial charge in [0.15, 0.2) is 0 Å². The molecule has 0 spiro atoms. The fourth-order valence-corrected chi connectivity index (χ4v) is 2.19. The van der Waals surface area contributed by atoms with E-state index in [-0.39, 0.29) is 12.6 Å². The highest BCUT2D eigenvalue weighted by Crippen LogP contribution is 2.37. The van der Waals surface area contributed by atoms with Gasteiger partial charge in [0.05, 0.1) is 18.8 Å². The number of carbonyl (C=O) groups is 1. The van der Waals surface area contributed by atoms with E-state index in [2.05, 4.69) is 0 Å². The minimum absolute atomic E-state index is 0.251. The Bertz CT molecular complexity index is 478. The number of esters is 1. The van der Waals surface area contributed by atoms with Gasteiger partial charge in [0.1, 0.15) is 30.7 Å². The maximum atomic E-state index is 12.0. The Kier molecular flexibility index (Phi) is 4.68. The molecule has 0 bridgehead atoms. The van der Waals surface area contributed by atoms with Gasteiger partial charge in [0.2, 0.25) is 0 Å². The number of nitrogen functional groups attached to an aromatic ring is 1. The third-order valence-electron chi connectivity index (χ3n) is 3.25. The maximum absolute atomic E-state index is 12.0. The Morgan fingerprint density at radius 2 is 2.30 bits per heavy atom. The van der Waals surface area contributed by atoms with Crippen LogP contribution in [0.5, 0.6) is 5.75 Å². The van der Waals surface area contributed by atoms with Crippen LogP contribution in [0.1, 0.15) is 6.92 Å². The van der Waals surface area contributed by atoms with E-state index in [1.807, 2.05) is 17.0 Å². The van der Waals surface area contributed by atoms with Crippen molar-refractivity contribution in [2.75, 3.05) is 44.1 Å². The average molecular weight is 280 g/mol. The van der Waals surface area contributed by atoms with Gasteiger partial charge >= 0.3 is 5.97 Å². The fraction of sp³-hybridized carbons (Fsp3) is 0.500. The number of hydrogen-bond acceptors (Lipinski definition) is 6. The van der Waals surface area contributed by atoms with Crippen molar-refractivity contribution < 1.29 is 19.0 Å². The quantitative estimate of drug-likeness (QED) is 0.493. The molecule has 1 unspecified atom stereocenters. The number of nitrogens with two attached hydrogens (primary N) is 1. The third kappa shape index (κ3) is 2.96. The molecule has 0 aromatic heterocycles. The summed E-state index contributed by atoms with van der Waals surface area (Å²) < 4.78 is 15.6. The van der Waals surface area contributed by atoms with Gasteiger partial charge in [-0.05, 0) is 19.1 Å². The average Bonchev–Trinajstić information content (AvgIpc) is 2.46. The maximum Gasteiger partial charge on any atom is 0.328 e. The zero-order valence-corrected chi connectivity index (χ0v) is 11.8. The van der Waals surface area contributed by atoms with Gasteiger partial charge in [0.25, 0.3) is 0 Å². The van der Waals surface area contributed by atoms with Crippen LogP contribution in [0.15, 0.2) is 18.2 Å². The van der Waals surface area contributed by atoms with Crippen molar-refractivity contribution in [2.45, 2.75) is 13.0 Å². The largest absolute Gasteiger partial charge is 0.489 e. The normalized spacial score (nSPS) is 15.2. The van der Waals surface area contributed by atoms with Gasteiger partial charge in [0, 0.05) is 7.11 Å². The Balaban J connectivity index is 2.12. The van der Waals surface area contributed by atoms with Crippen LogP contribution in [0.25, 0.3) is 0 Å². The van der Waals surface area contributed by atoms with Crippen LogP contribution in [0.2, 0.25) is 0 Å². The van der Waals surface area contributed by atoms with Crippen molar-refractivity contribution >= 4 is 17.3 Å². The number of hydrogen-bond donors (Lipinski definition) is 1. The summed E-state index contributed by atoms with van der Waals surface area (Å²) in [6.45, 7) is 3.56. The second-order valence-electron chi connectivity index (χ2n) is 4.57. The Morgan fingerprint density at radius 3 is 3.05 bits per heavy atom. The summed E-state index contributed by atoms with van der Waals surface area (Å²) in [6.07, 6.45) is 0. The van der Waals surface area contributed by atoms with E-state index < -0.39 is 6.04 Å². The number of para-hydroxylation sites is 1. The van der Waals surface area contributed by atoms with Crippen molar-refractivity contribution in [3.63, 3.8) is 0 Å². The monoisotopic (exact) mass is 280 g/mol. The molecule has 1 aromatic carbocycles. The lowest BCUT2D eigenvalue weighted by Crippen LogP contribution is -2.45. The van der Waals surface area contributed by atoms with Gasteiger partial charge in [-0.25, -0.2) is 4.79 Å². The smallest absolute Gasteiger partial charge is 0.328 e. The molecule has 0 fully saturated rings. The number of anilines is 2. The van der Waals surface area contributed by atoms with Gasteiger partial charge in [-0.1, -0.05) is 6.07 Å². The van der Waals surface area contributed by atoms with E-state index in [1.165, 1.54) is 0 Å².